The van der Waals surface area contributed by atoms with Crippen molar-refractivity contribution in [1.82, 2.24) is 24.9 Å². The minimum Gasteiger partial charge on any atom is -0.338 e. The molecule has 4 aromatic rings. The van der Waals surface area contributed by atoms with Crippen molar-refractivity contribution < 1.29 is 9.59 Å². The molecule has 2 aromatic heterocycles. The summed E-state index contributed by atoms with van der Waals surface area (Å²) in [5.74, 6) is 0.430. The average Bonchev–Trinajstić information content (AvgIpc) is 3.24. The van der Waals surface area contributed by atoms with Crippen LogP contribution in [0, 0.1) is 18.8 Å². The normalized spacial score (nSPS) is 18.0. The molecule has 1 aliphatic heterocycles. The second-order valence-electron chi connectivity index (χ2n) is 9.47. The van der Waals surface area contributed by atoms with Gasteiger partial charge in [-0.1, -0.05) is 43.3 Å². The molecule has 8 nitrogen and oxygen atoms in total. The standard InChI is InChI=1S/C27H28N6O2/c1-17-13-18(2)16-32(15-17)27(35)22-8-4-5-9-23(22)29-26(34)25-19(3)33(31-30-25)24-10-6-7-20-14-28-12-11-21(20)24/h4-12,14,17-18H,13,15-16H2,1-3H3,(H,29,34). The van der Waals surface area contributed by atoms with Gasteiger partial charge in [-0.05, 0) is 49.4 Å². The molecule has 5 rings (SSSR count). The number of likely N-dealkylation sites (tertiary alicyclic amines) is 1. The lowest BCUT2D eigenvalue weighted by molar-refractivity contribution is 0.0624. The van der Waals surface area contributed by atoms with E-state index in [1.54, 1.807) is 29.2 Å². The van der Waals surface area contributed by atoms with E-state index in [0.29, 0.717) is 28.8 Å². The van der Waals surface area contributed by atoms with Gasteiger partial charge in [-0.3, -0.25) is 14.6 Å². The Labute approximate surface area is 204 Å². The van der Waals surface area contributed by atoms with Gasteiger partial charge in [0.2, 0.25) is 0 Å². The van der Waals surface area contributed by atoms with Gasteiger partial charge in [0, 0.05) is 36.3 Å². The van der Waals surface area contributed by atoms with Gasteiger partial charge in [-0.25, -0.2) is 4.68 Å². The Bertz CT molecular complexity index is 1400. The zero-order valence-electron chi connectivity index (χ0n) is 20.1. The van der Waals surface area contributed by atoms with E-state index in [0.717, 1.165) is 36.0 Å². The highest BCUT2D eigenvalue weighted by Gasteiger charge is 2.28. The van der Waals surface area contributed by atoms with Crippen molar-refractivity contribution in [3.63, 3.8) is 0 Å². The second-order valence-corrected chi connectivity index (χ2v) is 9.47. The fraction of sp³-hybridized carbons (Fsp3) is 0.296. The summed E-state index contributed by atoms with van der Waals surface area (Å²) in [6.45, 7) is 7.59. The van der Waals surface area contributed by atoms with Crippen molar-refractivity contribution in [2.75, 3.05) is 18.4 Å². The number of aromatic nitrogens is 4. The summed E-state index contributed by atoms with van der Waals surface area (Å²) in [7, 11) is 0. The van der Waals surface area contributed by atoms with Gasteiger partial charge in [-0.2, -0.15) is 0 Å². The highest BCUT2D eigenvalue weighted by Crippen LogP contribution is 2.26. The third kappa shape index (κ3) is 4.39. The molecule has 35 heavy (non-hydrogen) atoms. The zero-order valence-corrected chi connectivity index (χ0v) is 20.1. The van der Waals surface area contributed by atoms with Gasteiger partial charge < -0.3 is 10.2 Å². The first-order valence-electron chi connectivity index (χ1n) is 11.9. The number of hydrogen-bond donors (Lipinski definition) is 1. The number of pyridine rings is 1. The Morgan fingerprint density at radius 2 is 1.77 bits per heavy atom. The first-order chi connectivity index (χ1) is 16.9. The van der Waals surface area contributed by atoms with Crippen molar-refractivity contribution in [2.45, 2.75) is 27.2 Å². The first-order valence-corrected chi connectivity index (χ1v) is 11.9. The number of para-hydroxylation sites is 1. The molecule has 2 aromatic carbocycles. The van der Waals surface area contributed by atoms with Crippen molar-refractivity contribution >= 4 is 28.3 Å². The number of amides is 2. The Kier molecular flexibility index (Phi) is 6.03. The molecule has 8 heteroatoms. The average molecular weight is 469 g/mol. The summed E-state index contributed by atoms with van der Waals surface area (Å²) in [6, 6.07) is 14.9. The van der Waals surface area contributed by atoms with Crippen LogP contribution in [0.4, 0.5) is 5.69 Å². The monoisotopic (exact) mass is 468 g/mol. The van der Waals surface area contributed by atoms with Crippen molar-refractivity contribution in [3.8, 4) is 5.69 Å². The summed E-state index contributed by atoms with van der Waals surface area (Å²) >= 11 is 0. The Morgan fingerprint density at radius 3 is 2.57 bits per heavy atom. The van der Waals surface area contributed by atoms with E-state index in [1.165, 1.54) is 0 Å². The second kappa shape index (κ2) is 9.29. The Balaban J connectivity index is 1.42. The topological polar surface area (TPSA) is 93.0 Å². The molecule has 1 N–H and O–H groups in total. The van der Waals surface area contributed by atoms with E-state index in [1.807, 2.05) is 48.2 Å². The molecule has 0 radical (unpaired) electrons. The summed E-state index contributed by atoms with van der Waals surface area (Å²) in [4.78, 5) is 32.6. The lowest BCUT2D eigenvalue weighted by Gasteiger charge is -2.35. The van der Waals surface area contributed by atoms with Gasteiger partial charge in [0.1, 0.15) is 0 Å². The molecular weight excluding hydrogens is 440 g/mol. The van der Waals surface area contributed by atoms with Crippen LogP contribution in [0.5, 0.6) is 0 Å². The lowest BCUT2D eigenvalue weighted by Crippen LogP contribution is -2.42. The highest BCUT2D eigenvalue weighted by molar-refractivity contribution is 6.08. The SMILES string of the molecule is Cc1c(C(=O)Nc2ccccc2C(=O)N2CC(C)CC(C)C2)nnn1-c1cccc2cnccc12. The van der Waals surface area contributed by atoms with E-state index in [4.69, 9.17) is 0 Å². The number of piperidine rings is 1. The van der Waals surface area contributed by atoms with Gasteiger partial charge in [-0.15, -0.1) is 5.10 Å². The number of carbonyl (C=O) groups is 2. The highest BCUT2D eigenvalue weighted by atomic mass is 16.2. The van der Waals surface area contributed by atoms with Crippen molar-refractivity contribution in [2.24, 2.45) is 11.8 Å². The van der Waals surface area contributed by atoms with Crippen LogP contribution >= 0.6 is 0 Å². The maximum absolute atomic E-state index is 13.3. The molecule has 1 fully saturated rings. The summed E-state index contributed by atoms with van der Waals surface area (Å²) in [5.41, 5.74) is 2.58. The van der Waals surface area contributed by atoms with Crippen LogP contribution in [0.1, 0.15) is 46.8 Å². The molecule has 2 amide bonds. The van der Waals surface area contributed by atoms with Crippen LogP contribution in [0.15, 0.2) is 60.9 Å². The third-order valence-electron chi connectivity index (χ3n) is 6.56. The number of fused-ring (bicyclic) bond motifs is 1. The quantitative estimate of drug-likeness (QED) is 0.476. The van der Waals surface area contributed by atoms with Crippen LogP contribution in [0.2, 0.25) is 0 Å². The minimum absolute atomic E-state index is 0.0657. The Morgan fingerprint density at radius 1 is 1.00 bits per heavy atom. The predicted molar refractivity (Wildman–Crippen MR) is 135 cm³/mol. The zero-order chi connectivity index (χ0) is 24.5. The maximum atomic E-state index is 13.3. The number of rotatable bonds is 4. The third-order valence-corrected chi connectivity index (χ3v) is 6.56. The van der Waals surface area contributed by atoms with E-state index in [2.05, 4.69) is 34.5 Å². The van der Waals surface area contributed by atoms with Crippen LogP contribution < -0.4 is 5.32 Å². The van der Waals surface area contributed by atoms with E-state index >= 15 is 0 Å². The molecule has 2 unspecified atom stereocenters. The molecular formula is C27H28N6O2. The van der Waals surface area contributed by atoms with Gasteiger partial charge in [0.15, 0.2) is 5.69 Å². The number of anilines is 1. The summed E-state index contributed by atoms with van der Waals surface area (Å²) < 4.78 is 1.66. The molecule has 3 heterocycles. The first kappa shape index (κ1) is 22.7. The van der Waals surface area contributed by atoms with Crippen molar-refractivity contribution in [1.29, 1.82) is 0 Å². The summed E-state index contributed by atoms with van der Waals surface area (Å²) in [5, 5.41) is 13.3. The molecule has 2 atom stereocenters. The maximum Gasteiger partial charge on any atom is 0.278 e. The molecule has 0 saturated carbocycles. The molecule has 178 valence electrons. The lowest BCUT2D eigenvalue weighted by atomic mass is 9.91. The molecule has 0 aliphatic carbocycles. The minimum atomic E-state index is -0.406. The van der Waals surface area contributed by atoms with Gasteiger partial charge in [0.05, 0.1) is 22.6 Å². The van der Waals surface area contributed by atoms with Crippen molar-refractivity contribution in [3.05, 3.63) is 77.9 Å². The van der Waals surface area contributed by atoms with Crippen LogP contribution in [-0.4, -0.2) is 49.8 Å². The Hall–Kier alpha value is -4.07. The summed E-state index contributed by atoms with van der Waals surface area (Å²) in [6.07, 6.45) is 4.63. The number of nitrogens with zero attached hydrogens (tertiary/aromatic N) is 5. The largest absolute Gasteiger partial charge is 0.338 e. The fourth-order valence-electron chi connectivity index (χ4n) is 5.02. The molecule has 1 saturated heterocycles. The van der Waals surface area contributed by atoms with Crippen LogP contribution in [0.3, 0.4) is 0 Å². The number of nitrogens with one attached hydrogen (secondary N) is 1. The molecule has 0 spiro atoms. The van der Waals surface area contributed by atoms with Crippen LogP contribution in [-0.2, 0) is 0 Å². The smallest absolute Gasteiger partial charge is 0.278 e. The predicted octanol–water partition coefficient (Wildman–Crippen LogP) is 4.49. The molecule has 0 bridgehead atoms. The number of benzene rings is 2. The molecule has 1 aliphatic rings. The number of hydrogen-bond acceptors (Lipinski definition) is 5. The van der Waals surface area contributed by atoms with E-state index in [9.17, 15) is 9.59 Å². The van der Waals surface area contributed by atoms with Gasteiger partial charge in [0.25, 0.3) is 11.8 Å². The van der Waals surface area contributed by atoms with Gasteiger partial charge >= 0.3 is 0 Å². The van der Waals surface area contributed by atoms with Crippen LogP contribution in [0.25, 0.3) is 16.5 Å². The van der Waals surface area contributed by atoms with E-state index in [-0.39, 0.29) is 11.6 Å². The van der Waals surface area contributed by atoms with E-state index < -0.39 is 5.91 Å². The fourth-order valence-corrected chi connectivity index (χ4v) is 5.02. The number of carbonyl (C=O) groups excluding carboxylic acids is 2.